The number of anilines is 2. The summed E-state index contributed by atoms with van der Waals surface area (Å²) in [4.78, 5) is 35.3. The minimum atomic E-state index is -4.06. The molecule has 0 saturated heterocycles. The molecule has 0 radical (unpaired) electrons. The number of nitrogens with zero attached hydrogens (tertiary/aromatic N) is 1. The van der Waals surface area contributed by atoms with Crippen LogP contribution in [0.15, 0.2) is 47.4 Å². The van der Waals surface area contributed by atoms with Gasteiger partial charge in [0.25, 0.3) is 15.9 Å². The van der Waals surface area contributed by atoms with Crippen molar-refractivity contribution in [2.24, 2.45) is 0 Å². The summed E-state index contributed by atoms with van der Waals surface area (Å²) in [6.07, 6.45) is 0. The molecule has 10 heteroatoms. The minimum Gasteiger partial charge on any atom is -0.482 e. The number of carboxylic acid groups (broad SMARTS) is 1. The van der Waals surface area contributed by atoms with E-state index in [0.29, 0.717) is 5.56 Å². The lowest BCUT2D eigenvalue weighted by Crippen LogP contribution is -2.42. The number of hydrogen-bond acceptors (Lipinski definition) is 6. The minimum absolute atomic E-state index is 0.0546. The molecule has 1 amide bonds. The molecule has 9 nitrogen and oxygen atoms in total. The first-order valence-electron chi connectivity index (χ1n) is 8.10. The second-order valence-electron chi connectivity index (χ2n) is 6.03. The van der Waals surface area contributed by atoms with Crippen LogP contribution in [-0.4, -0.2) is 44.3 Å². The van der Waals surface area contributed by atoms with Crippen LogP contribution in [0.5, 0.6) is 5.75 Å². The van der Waals surface area contributed by atoms with Crippen LogP contribution in [0.4, 0.5) is 11.4 Å². The highest BCUT2D eigenvalue weighted by Gasteiger charge is 2.29. The Bertz CT molecular complexity index is 1080. The van der Waals surface area contributed by atoms with Gasteiger partial charge in [-0.15, -0.1) is 0 Å². The molecule has 2 aromatic rings. The molecule has 0 aliphatic carbocycles. The van der Waals surface area contributed by atoms with Crippen molar-refractivity contribution in [3.8, 4) is 5.75 Å². The zero-order valence-corrected chi connectivity index (χ0v) is 15.5. The van der Waals surface area contributed by atoms with E-state index < -0.39 is 28.4 Å². The topological polar surface area (TPSA) is 130 Å². The number of Topliss-reactive ketones (excluding diaryl/α,β-unsaturated/α-hetero) is 1. The Morgan fingerprint density at radius 1 is 1.21 bits per heavy atom. The lowest BCUT2D eigenvalue weighted by Gasteiger charge is -2.28. The van der Waals surface area contributed by atoms with Gasteiger partial charge in [0, 0.05) is 11.3 Å². The van der Waals surface area contributed by atoms with E-state index in [2.05, 4.69) is 4.72 Å². The Hall–Kier alpha value is -3.40. The summed E-state index contributed by atoms with van der Waals surface area (Å²) in [7, 11) is -4.06. The van der Waals surface area contributed by atoms with Gasteiger partial charge in [-0.3, -0.25) is 24.0 Å². The number of ether oxygens (including phenoxy) is 1. The van der Waals surface area contributed by atoms with Crippen molar-refractivity contribution in [3.05, 3.63) is 48.0 Å². The molecule has 0 spiro atoms. The molecule has 3 rings (SSSR count). The fourth-order valence-electron chi connectivity index (χ4n) is 2.67. The van der Waals surface area contributed by atoms with Crippen molar-refractivity contribution in [1.82, 2.24) is 0 Å². The van der Waals surface area contributed by atoms with Crippen LogP contribution in [0.25, 0.3) is 0 Å². The van der Waals surface area contributed by atoms with E-state index in [1.807, 2.05) is 0 Å². The number of nitrogens with one attached hydrogen (secondary N) is 1. The Labute approximate surface area is 160 Å². The molecule has 146 valence electrons. The fraction of sp³-hybridized carbons (Fsp3) is 0.167. The Morgan fingerprint density at radius 2 is 1.96 bits per heavy atom. The zero-order chi connectivity index (χ0) is 20.5. The van der Waals surface area contributed by atoms with E-state index in [9.17, 15) is 22.8 Å². The third kappa shape index (κ3) is 3.96. The average molecular weight is 404 g/mol. The molecule has 0 bridgehead atoms. The summed E-state index contributed by atoms with van der Waals surface area (Å²) in [5.41, 5.74) is 0.594. The van der Waals surface area contributed by atoms with Gasteiger partial charge in [0.2, 0.25) is 0 Å². The number of benzene rings is 2. The molecular formula is C18H16N2O7S. The van der Waals surface area contributed by atoms with Crippen LogP contribution in [0, 0.1) is 0 Å². The maximum atomic E-state index is 12.7. The SMILES string of the molecule is CC(=O)c1cccc(NS(=O)(=O)c2ccc3c(c2)N(CC(=O)O)C(=O)CO3)c1. The first-order valence-corrected chi connectivity index (χ1v) is 9.58. The summed E-state index contributed by atoms with van der Waals surface area (Å²) >= 11 is 0. The van der Waals surface area contributed by atoms with Gasteiger partial charge in [-0.25, -0.2) is 8.42 Å². The monoisotopic (exact) mass is 404 g/mol. The lowest BCUT2D eigenvalue weighted by atomic mass is 10.1. The van der Waals surface area contributed by atoms with Gasteiger partial charge in [-0.05, 0) is 37.3 Å². The normalized spacial score (nSPS) is 13.5. The van der Waals surface area contributed by atoms with Crippen LogP contribution in [0.2, 0.25) is 0 Å². The van der Waals surface area contributed by atoms with Crippen molar-refractivity contribution >= 4 is 39.1 Å². The number of carbonyl (C=O) groups excluding carboxylic acids is 2. The molecule has 2 N–H and O–H groups in total. The van der Waals surface area contributed by atoms with Crippen LogP contribution in [0.1, 0.15) is 17.3 Å². The fourth-order valence-corrected chi connectivity index (χ4v) is 3.74. The van der Waals surface area contributed by atoms with Crippen LogP contribution < -0.4 is 14.4 Å². The predicted molar refractivity (Wildman–Crippen MR) is 99.2 cm³/mol. The number of carboxylic acids is 1. The molecule has 1 aliphatic rings. The highest BCUT2D eigenvalue weighted by Crippen LogP contribution is 2.34. The first kappa shape index (κ1) is 19.4. The van der Waals surface area contributed by atoms with Gasteiger partial charge in [-0.2, -0.15) is 0 Å². The maximum absolute atomic E-state index is 12.7. The largest absolute Gasteiger partial charge is 0.482 e. The third-order valence-electron chi connectivity index (χ3n) is 4.00. The standard InChI is InChI=1S/C18H16N2O7S/c1-11(21)12-3-2-4-13(7-12)19-28(25,26)14-5-6-16-15(8-14)20(9-18(23)24)17(22)10-27-16/h2-8,19H,9-10H2,1H3,(H,23,24). The summed E-state index contributed by atoms with van der Waals surface area (Å²) in [5.74, 6) is -1.84. The molecule has 0 atom stereocenters. The molecule has 28 heavy (non-hydrogen) atoms. The summed E-state index contributed by atoms with van der Waals surface area (Å²) in [6.45, 7) is 0.417. The van der Waals surface area contributed by atoms with Crippen LogP contribution in [0.3, 0.4) is 0 Å². The number of fused-ring (bicyclic) bond motifs is 1. The maximum Gasteiger partial charge on any atom is 0.323 e. The number of aliphatic carboxylic acids is 1. The second-order valence-corrected chi connectivity index (χ2v) is 7.72. The van der Waals surface area contributed by atoms with Crippen LogP contribution in [-0.2, 0) is 19.6 Å². The smallest absolute Gasteiger partial charge is 0.323 e. The van der Waals surface area contributed by atoms with Crippen LogP contribution >= 0.6 is 0 Å². The summed E-state index contributed by atoms with van der Waals surface area (Å²) in [6, 6.07) is 9.82. The molecule has 0 aromatic heterocycles. The third-order valence-corrected chi connectivity index (χ3v) is 5.38. The predicted octanol–water partition coefficient (Wildman–Crippen LogP) is 1.50. The second kappa shape index (κ2) is 7.31. The number of rotatable bonds is 6. The average Bonchev–Trinajstić information content (AvgIpc) is 2.63. The highest BCUT2D eigenvalue weighted by molar-refractivity contribution is 7.92. The van der Waals surface area contributed by atoms with Crippen molar-refractivity contribution in [3.63, 3.8) is 0 Å². The number of carbonyl (C=O) groups is 3. The molecule has 0 saturated carbocycles. The number of amides is 1. The van der Waals surface area contributed by atoms with Crippen molar-refractivity contribution in [2.45, 2.75) is 11.8 Å². The van der Waals surface area contributed by atoms with Gasteiger partial charge in [0.15, 0.2) is 12.4 Å². The van der Waals surface area contributed by atoms with Gasteiger partial charge in [0.05, 0.1) is 10.6 Å². The molecule has 0 unspecified atom stereocenters. The van der Waals surface area contributed by atoms with E-state index in [-0.39, 0.29) is 34.4 Å². The van der Waals surface area contributed by atoms with E-state index in [1.165, 1.54) is 37.3 Å². The first-order chi connectivity index (χ1) is 13.2. The van der Waals surface area contributed by atoms with Gasteiger partial charge >= 0.3 is 5.97 Å². The Balaban J connectivity index is 1.96. The molecule has 2 aromatic carbocycles. The summed E-state index contributed by atoms with van der Waals surface area (Å²) in [5, 5.41) is 9.01. The zero-order valence-electron chi connectivity index (χ0n) is 14.7. The quantitative estimate of drug-likeness (QED) is 0.698. The Kier molecular flexibility index (Phi) is 5.06. The molecule has 1 heterocycles. The van der Waals surface area contributed by atoms with E-state index in [0.717, 1.165) is 4.90 Å². The molecule has 1 aliphatic heterocycles. The molecule has 0 fully saturated rings. The van der Waals surface area contributed by atoms with E-state index in [1.54, 1.807) is 12.1 Å². The number of hydrogen-bond donors (Lipinski definition) is 2. The molecular weight excluding hydrogens is 388 g/mol. The van der Waals surface area contributed by atoms with Gasteiger partial charge in [0.1, 0.15) is 12.3 Å². The van der Waals surface area contributed by atoms with Crippen molar-refractivity contribution in [2.75, 3.05) is 22.8 Å². The summed E-state index contributed by atoms with van der Waals surface area (Å²) < 4.78 is 33.0. The number of sulfonamides is 1. The van der Waals surface area contributed by atoms with Gasteiger partial charge < -0.3 is 9.84 Å². The number of ketones is 1. The lowest BCUT2D eigenvalue weighted by molar-refractivity contribution is -0.137. The highest BCUT2D eigenvalue weighted by atomic mass is 32.2. The van der Waals surface area contributed by atoms with Crippen molar-refractivity contribution in [1.29, 1.82) is 0 Å². The van der Waals surface area contributed by atoms with E-state index >= 15 is 0 Å². The van der Waals surface area contributed by atoms with Crippen molar-refractivity contribution < 1.29 is 32.6 Å². The van der Waals surface area contributed by atoms with Gasteiger partial charge in [-0.1, -0.05) is 12.1 Å². The van der Waals surface area contributed by atoms with E-state index in [4.69, 9.17) is 9.84 Å². The Morgan fingerprint density at radius 3 is 2.64 bits per heavy atom.